The van der Waals surface area contributed by atoms with Gasteiger partial charge >= 0.3 is 0 Å². The van der Waals surface area contributed by atoms with Gasteiger partial charge in [-0.2, -0.15) is 10.1 Å². The predicted octanol–water partition coefficient (Wildman–Crippen LogP) is 3.88. The van der Waals surface area contributed by atoms with E-state index in [0.717, 1.165) is 39.0 Å². The van der Waals surface area contributed by atoms with Crippen molar-refractivity contribution >= 4 is 55.0 Å². The minimum atomic E-state index is -0.0371. The van der Waals surface area contributed by atoms with Crippen molar-refractivity contribution in [1.29, 1.82) is 0 Å². The molecule has 1 amide bonds. The molecular formula is C18H14BrN3O2. The molecule has 2 aromatic carbocycles. The Balaban J connectivity index is 2.09. The molecule has 120 valence electrons. The Hall–Kier alpha value is -2.47. The van der Waals surface area contributed by atoms with Crippen molar-refractivity contribution in [1.82, 2.24) is 4.98 Å². The summed E-state index contributed by atoms with van der Waals surface area (Å²) in [4.78, 5) is 17.2. The number of nitrogens with zero attached hydrogens (tertiary/aromatic N) is 3. The summed E-state index contributed by atoms with van der Waals surface area (Å²) in [7, 11) is 1.62. The highest BCUT2D eigenvalue weighted by Crippen LogP contribution is 2.37. The highest BCUT2D eigenvalue weighted by Gasteiger charge is 2.28. The Labute approximate surface area is 147 Å². The molecule has 2 heterocycles. The number of carbonyl (C=O) groups is 1. The molecule has 0 unspecified atom stereocenters. The number of hydrogen-bond acceptors (Lipinski definition) is 4. The highest BCUT2D eigenvalue weighted by molar-refractivity contribution is 9.09. The maximum Gasteiger partial charge on any atom is 0.253 e. The number of pyridine rings is 1. The molecule has 0 radical (unpaired) electrons. The number of amides is 1. The fraction of sp³-hybridized carbons (Fsp3) is 0.167. The first-order valence-corrected chi connectivity index (χ1v) is 8.65. The SMILES string of the molecule is COc1ccc2nc3ccccc3c(N3N=C(CBr)CC3=O)c2c1. The third-order valence-corrected chi connectivity index (χ3v) is 4.71. The van der Waals surface area contributed by atoms with E-state index in [1.165, 1.54) is 5.01 Å². The number of benzene rings is 2. The second-order valence-electron chi connectivity index (χ2n) is 5.54. The van der Waals surface area contributed by atoms with Gasteiger partial charge in [-0.3, -0.25) is 4.79 Å². The summed E-state index contributed by atoms with van der Waals surface area (Å²) in [6, 6.07) is 13.5. The maximum atomic E-state index is 12.5. The van der Waals surface area contributed by atoms with E-state index in [9.17, 15) is 4.79 Å². The van der Waals surface area contributed by atoms with Gasteiger partial charge in [0, 0.05) is 16.1 Å². The second kappa shape index (κ2) is 5.87. The van der Waals surface area contributed by atoms with Gasteiger partial charge in [-0.25, -0.2) is 4.98 Å². The van der Waals surface area contributed by atoms with E-state index in [1.807, 2.05) is 42.5 Å². The van der Waals surface area contributed by atoms with E-state index in [2.05, 4.69) is 21.0 Å². The largest absolute Gasteiger partial charge is 0.497 e. The van der Waals surface area contributed by atoms with Gasteiger partial charge in [0.15, 0.2) is 0 Å². The zero-order valence-corrected chi connectivity index (χ0v) is 14.6. The van der Waals surface area contributed by atoms with E-state index < -0.39 is 0 Å². The Morgan fingerprint density at radius 1 is 1.17 bits per heavy atom. The average molecular weight is 384 g/mol. The number of methoxy groups -OCH3 is 1. The molecule has 0 saturated carbocycles. The van der Waals surface area contributed by atoms with E-state index in [-0.39, 0.29) is 5.91 Å². The van der Waals surface area contributed by atoms with Gasteiger partial charge in [-0.05, 0) is 24.3 Å². The van der Waals surface area contributed by atoms with Crippen LogP contribution in [-0.2, 0) is 4.79 Å². The number of para-hydroxylation sites is 1. The molecule has 5 nitrogen and oxygen atoms in total. The molecule has 1 aromatic heterocycles. The molecule has 1 aliphatic rings. The molecule has 0 bridgehead atoms. The number of hydrazone groups is 1. The van der Waals surface area contributed by atoms with Gasteiger partial charge in [0.25, 0.3) is 5.91 Å². The highest BCUT2D eigenvalue weighted by atomic mass is 79.9. The van der Waals surface area contributed by atoms with Crippen LogP contribution in [0.2, 0.25) is 0 Å². The summed E-state index contributed by atoms with van der Waals surface area (Å²) >= 11 is 3.38. The quantitative estimate of drug-likeness (QED) is 0.509. The van der Waals surface area contributed by atoms with Crippen LogP contribution >= 0.6 is 15.9 Å². The van der Waals surface area contributed by atoms with Crippen molar-refractivity contribution < 1.29 is 9.53 Å². The lowest BCUT2D eigenvalue weighted by Gasteiger charge is -2.17. The number of aromatic nitrogens is 1. The van der Waals surface area contributed by atoms with E-state index in [1.54, 1.807) is 7.11 Å². The second-order valence-corrected chi connectivity index (χ2v) is 6.10. The summed E-state index contributed by atoms with van der Waals surface area (Å²) in [5.74, 6) is 0.682. The Morgan fingerprint density at radius 2 is 1.96 bits per heavy atom. The van der Waals surface area contributed by atoms with Crippen molar-refractivity contribution in [2.75, 3.05) is 17.4 Å². The number of carbonyl (C=O) groups excluding carboxylic acids is 1. The number of alkyl halides is 1. The van der Waals surface area contributed by atoms with Crippen LogP contribution in [0.25, 0.3) is 21.8 Å². The van der Waals surface area contributed by atoms with E-state index in [0.29, 0.717) is 11.8 Å². The third-order valence-electron chi connectivity index (χ3n) is 4.06. The molecule has 0 spiro atoms. The van der Waals surface area contributed by atoms with Crippen molar-refractivity contribution in [3.8, 4) is 5.75 Å². The molecule has 24 heavy (non-hydrogen) atoms. The van der Waals surface area contributed by atoms with Crippen molar-refractivity contribution in [2.45, 2.75) is 6.42 Å². The molecule has 3 aromatic rings. The summed E-state index contributed by atoms with van der Waals surface area (Å²) in [5, 5.41) is 8.33. The Kier molecular flexibility index (Phi) is 3.69. The molecule has 4 rings (SSSR count). The topological polar surface area (TPSA) is 54.8 Å². The van der Waals surface area contributed by atoms with Crippen LogP contribution in [0.3, 0.4) is 0 Å². The van der Waals surface area contributed by atoms with Gasteiger partial charge in [0.2, 0.25) is 0 Å². The van der Waals surface area contributed by atoms with Crippen LogP contribution in [0, 0.1) is 0 Å². The predicted molar refractivity (Wildman–Crippen MR) is 99.1 cm³/mol. The first-order chi connectivity index (χ1) is 11.7. The van der Waals surface area contributed by atoms with Crippen LogP contribution in [-0.4, -0.2) is 29.0 Å². The van der Waals surface area contributed by atoms with Gasteiger partial charge < -0.3 is 4.74 Å². The van der Waals surface area contributed by atoms with E-state index in [4.69, 9.17) is 9.72 Å². The van der Waals surface area contributed by atoms with Crippen LogP contribution in [0.5, 0.6) is 5.75 Å². The normalized spacial score (nSPS) is 14.5. The lowest BCUT2D eigenvalue weighted by atomic mass is 10.1. The Bertz CT molecular complexity index is 1000. The van der Waals surface area contributed by atoms with Crippen LogP contribution in [0.15, 0.2) is 47.6 Å². The first-order valence-electron chi connectivity index (χ1n) is 7.53. The fourth-order valence-electron chi connectivity index (χ4n) is 2.93. The third kappa shape index (κ3) is 2.34. The number of fused-ring (bicyclic) bond motifs is 2. The van der Waals surface area contributed by atoms with Crippen LogP contribution in [0.1, 0.15) is 6.42 Å². The number of rotatable bonds is 3. The molecule has 0 atom stereocenters. The summed E-state index contributed by atoms with van der Waals surface area (Å²) < 4.78 is 5.35. The molecular weight excluding hydrogens is 370 g/mol. The molecule has 0 saturated heterocycles. The average Bonchev–Trinajstić information content (AvgIpc) is 2.99. The lowest BCUT2D eigenvalue weighted by Crippen LogP contribution is -2.20. The summed E-state index contributed by atoms with van der Waals surface area (Å²) in [5.41, 5.74) is 3.22. The van der Waals surface area contributed by atoms with Gasteiger partial charge in [-0.15, -0.1) is 0 Å². The number of halogens is 1. The van der Waals surface area contributed by atoms with Crippen LogP contribution in [0.4, 0.5) is 5.69 Å². The van der Waals surface area contributed by atoms with Crippen LogP contribution < -0.4 is 9.75 Å². The molecule has 0 N–H and O–H groups in total. The van der Waals surface area contributed by atoms with Crippen molar-refractivity contribution in [2.24, 2.45) is 5.10 Å². The zero-order chi connectivity index (χ0) is 16.7. The lowest BCUT2D eigenvalue weighted by molar-refractivity contribution is -0.116. The Morgan fingerprint density at radius 3 is 2.71 bits per heavy atom. The summed E-state index contributed by atoms with van der Waals surface area (Å²) in [6.45, 7) is 0. The van der Waals surface area contributed by atoms with E-state index >= 15 is 0 Å². The molecule has 0 fully saturated rings. The zero-order valence-electron chi connectivity index (χ0n) is 13.0. The van der Waals surface area contributed by atoms with Gasteiger partial charge in [-0.1, -0.05) is 34.1 Å². The minimum Gasteiger partial charge on any atom is -0.497 e. The minimum absolute atomic E-state index is 0.0371. The number of hydrogen-bond donors (Lipinski definition) is 0. The maximum absolute atomic E-state index is 12.5. The first kappa shape index (κ1) is 15.1. The standard InChI is InChI=1S/C18H14BrN3O2/c1-24-12-6-7-16-14(9-12)18(13-4-2-3-5-15(13)20-16)22-17(23)8-11(10-19)21-22/h2-7,9H,8,10H2,1H3. The van der Waals surface area contributed by atoms with Crippen molar-refractivity contribution in [3.05, 3.63) is 42.5 Å². The smallest absolute Gasteiger partial charge is 0.253 e. The molecule has 0 aliphatic carbocycles. The van der Waals surface area contributed by atoms with Gasteiger partial charge in [0.05, 0.1) is 36.0 Å². The number of anilines is 1. The molecule has 1 aliphatic heterocycles. The molecule has 6 heteroatoms. The van der Waals surface area contributed by atoms with Crippen molar-refractivity contribution in [3.63, 3.8) is 0 Å². The summed E-state index contributed by atoms with van der Waals surface area (Å²) in [6.07, 6.45) is 0.327. The number of ether oxygens (including phenoxy) is 1. The van der Waals surface area contributed by atoms with Gasteiger partial charge in [0.1, 0.15) is 5.75 Å². The monoisotopic (exact) mass is 383 g/mol. The fourth-order valence-corrected chi connectivity index (χ4v) is 3.24.